The average Bonchev–Trinajstić information content (AvgIpc) is 2.99. The van der Waals surface area contributed by atoms with Gasteiger partial charge in [-0.15, -0.1) is 0 Å². The van der Waals surface area contributed by atoms with Crippen LogP contribution in [0.25, 0.3) is 22.6 Å². The van der Waals surface area contributed by atoms with Crippen LogP contribution in [0.5, 0.6) is 0 Å². The predicted octanol–water partition coefficient (Wildman–Crippen LogP) is 4.09. The van der Waals surface area contributed by atoms with Crippen molar-refractivity contribution in [1.82, 2.24) is 15.0 Å². The van der Waals surface area contributed by atoms with Crippen LogP contribution >= 0.6 is 11.6 Å². The van der Waals surface area contributed by atoms with E-state index in [4.69, 9.17) is 17.3 Å². The Morgan fingerprint density at radius 1 is 1.23 bits per heavy atom. The van der Waals surface area contributed by atoms with Gasteiger partial charge in [-0.2, -0.15) is 13.2 Å². The lowest BCUT2D eigenvalue weighted by molar-refractivity contribution is -0.137. The van der Waals surface area contributed by atoms with Crippen molar-refractivity contribution in [1.29, 1.82) is 0 Å². The number of alkyl halides is 3. The van der Waals surface area contributed by atoms with Crippen molar-refractivity contribution in [3.05, 3.63) is 52.7 Å². The number of rotatable bonds is 3. The van der Waals surface area contributed by atoms with Gasteiger partial charge in [-0.05, 0) is 30.3 Å². The molecule has 3 aromatic rings. The maximum absolute atomic E-state index is 13.0. The number of carboxylic acid groups (broad SMARTS) is 1. The van der Waals surface area contributed by atoms with E-state index in [0.29, 0.717) is 0 Å². The van der Waals surface area contributed by atoms with Gasteiger partial charge < -0.3 is 15.8 Å². The molecule has 10 heteroatoms. The number of nitrogens with two attached hydrogens (primary N) is 1. The van der Waals surface area contributed by atoms with Gasteiger partial charge in [-0.3, -0.25) is 0 Å². The van der Waals surface area contributed by atoms with E-state index in [9.17, 15) is 23.1 Å². The first-order valence-corrected chi connectivity index (χ1v) is 7.47. The number of aromatic nitrogens is 3. The first-order valence-electron chi connectivity index (χ1n) is 7.09. The molecule has 0 aliphatic heterocycles. The lowest BCUT2D eigenvalue weighted by atomic mass is 10.0. The first kappa shape index (κ1) is 17.7. The van der Waals surface area contributed by atoms with Gasteiger partial charge in [0.2, 0.25) is 5.95 Å². The van der Waals surface area contributed by atoms with Crippen molar-refractivity contribution in [2.45, 2.75) is 6.18 Å². The molecule has 0 amide bonds. The number of carbonyl (C=O) groups is 1. The molecule has 134 valence electrons. The molecule has 0 saturated heterocycles. The van der Waals surface area contributed by atoms with Gasteiger partial charge >= 0.3 is 12.1 Å². The third kappa shape index (κ3) is 3.33. The molecule has 2 heterocycles. The van der Waals surface area contributed by atoms with Gasteiger partial charge in [0, 0.05) is 16.8 Å². The number of aromatic amines is 1. The van der Waals surface area contributed by atoms with Crippen LogP contribution < -0.4 is 5.73 Å². The highest BCUT2D eigenvalue weighted by Gasteiger charge is 2.32. The molecule has 0 atom stereocenters. The number of hydrogen-bond acceptors (Lipinski definition) is 4. The second kappa shape index (κ2) is 6.34. The van der Waals surface area contributed by atoms with E-state index in [1.807, 2.05) is 0 Å². The topological polar surface area (TPSA) is 105 Å². The average molecular weight is 383 g/mol. The van der Waals surface area contributed by atoms with Crippen molar-refractivity contribution in [3.63, 3.8) is 0 Å². The molecule has 0 aliphatic rings. The van der Waals surface area contributed by atoms with Gasteiger partial charge in [-0.1, -0.05) is 11.6 Å². The monoisotopic (exact) mass is 382 g/mol. The van der Waals surface area contributed by atoms with Crippen molar-refractivity contribution >= 4 is 23.5 Å². The molecule has 3 rings (SSSR count). The summed E-state index contributed by atoms with van der Waals surface area (Å²) < 4.78 is 39.0. The third-order valence-corrected chi connectivity index (χ3v) is 3.89. The normalized spacial score (nSPS) is 11.5. The standard InChI is InChI=1S/C16H10ClF3N4O2/c17-10-2-1-7(16(18,19)20)5-8(10)13-9(14(25)26)6-12(23-13)11-3-4-22-15(21)24-11/h1-6,23H,(H,25,26)(H2,21,22,24). The van der Waals surface area contributed by atoms with E-state index in [-0.39, 0.29) is 39.2 Å². The van der Waals surface area contributed by atoms with E-state index in [0.717, 1.165) is 18.2 Å². The number of nitrogens with zero attached hydrogens (tertiary/aromatic N) is 2. The minimum atomic E-state index is -4.60. The summed E-state index contributed by atoms with van der Waals surface area (Å²) >= 11 is 6.01. The van der Waals surface area contributed by atoms with E-state index in [1.54, 1.807) is 0 Å². The quantitative estimate of drug-likeness (QED) is 0.632. The van der Waals surface area contributed by atoms with Crippen molar-refractivity contribution in [3.8, 4) is 22.6 Å². The van der Waals surface area contributed by atoms with Gasteiger partial charge in [-0.25, -0.2) is 14.8 Å². The number of hydrogen-bond donors (Lipinski definition) is 3. The molecule has 0 fully saturated rings. The van der Waals surface area contributed by atoms with Crippen molar-refractivity contribution in [2.24, 2.45) is 0 Å². The third-order valence-electron chi connectivity index (χ3n) is 3.56. The molecule has 26 heavy (non-hydrogen) atoms. The van der Waals surface area contributed by atoms with Crippen LogP contribution in [0.2, 0.25) is 5.02 Å². The Morgan fingerprint density at radius 2 is 1.96 bits per heavy atom. The number of aromatic carboxylic acids is 1. The molecule has 0 bridgehead atoms. The summed E-state index contributed by atoms with van der Waals surface area (Å²) in [6, 6.07) is 5.40. The second-order valence-corrected chi connectivity index (χ2v) is 5.68. The number of nitrogen functional groups attached to an aromatic ring is 1. The van der Waals surface area contributed by atoms with Crippen LogP contribution in [-0.2, 0) is 6.18 Å². The first-order chi connectivity index (χ1) is 12.2. The number of nitrogens with one attached hydrogen (secondary N) is 1. The highest BCUT2D eigenvalue weighted by molar-refractivity contribution is 6.33. The van der Waals surface area contributed by atoms with E-state index >= 15 is 0 Å². The Balaban J connectivity index is 2.21. The van der Waals surface area contributed by atoms with Crippen LogP contribution in [-0.4, -0.2) is 26.0 Å². The maximum atomic E-state index is 13.0. The number of H-pyrrole nitrogens is 1. The lowest BCUT2D eigenvalue weighted by Gasteiger charge is -2.10. The fraction of sp³-hybridized carbons (Fsp3) is 0.0625. The molecule has 6 nitrogen and oxygen atoms in total. The van der Waals surface area contributed by atoms with E-state index in [1.165, 1.54) is 18.3 Å². The highest BCUT2D eigenvalue weighted by atomic mass is 35.5. The van der Waals surface area contributed by atoms with Gasteiger partial charge in [0.15, 0.2) is 0 Å². The highest BCUT2D eigenvalue weighted by Crippen LogP contribution is 2.38. The summed E-state index contributed by atoms with van der Waals surface area (Å²) in [4.78, 5) is 22.0. The molecular weight excluding hydrogens is 373 g/mol. The van der Waals surface area contributed by atoms with Crippen LogP contribution in [0, 0.1) is 0 Å². The molecule has 1 aromatic carbocycles. The summed E-state index contributed by atoms with van der Waals surface area (Å²) in [5.74, 6) is -1.37. The molecule has 4 N–H and O–H groups in total. The summed E-state index contributed by atoms with van der Waals surface area (Å²) in [5, 5.41) is 9.39. The molecule has 0 saturated carbocycles. The SMILES string of the molecule is Nc1nccc(-c2cc(C(=O)O)c(-c3cc(C(F)(F)F)ccc3Cl)[nH]2)n1. The minimum Gasteiger partial charge on any atom is -0.478 e. The summed E-state index contributed by atoms with van der Waals surface area (Å²) in [6.07, 6.45) is -3.23. The Kier molecular flexibility index (Phi) is 4.33. The van der Waals surface area contributed by atoms with Crippen molar-refractivity contribution < 1.29 is 23.1 Å². The fourth-order valence-electron chi connectivity index (χ4n) is 2.39. The maximum Gasteiger partial charge on any atom is 0.416 e. The zero-order valence-electron chi connectivity index (χ0n) is 12.8. The summed E-state index contributed by atoms with van der Waals surface area (Å²) in [7, 11) is 0. The molecule has 0 radical (unpaired) electrons. The Hall–Kier alpha value is -3.07. The number of anilines is 1. The number of halogens is 4. The summed E-state index contributed by atoms with van der Waals surface area (Å²) in [5.41, 5.74) is 4.68. The van der Waals surface area contributed by atoms with Crippen LogP contribution in [0.1, 0.15) is 15.9 Å². The van der Waals surface area contributed by atoms with Crippen LogP contribution in [0.3, 0.4) is 0 Å². The molecule has 0 unspecified atom stereocenters. The Bertz CT molecular complexity index is 1000. The largest absolute Gasteiger partial charge is 0.478 e. The number of carboxylic acids is 1. The molecule has 2 aromatic heterocycles. The van der Waals surface area contributed by atoms with E-state index < -0.39 is 17.7 Å². The fourth-order valence-corrected chi connectivity index (χ4v) is 2.60. The van der Waals surface area contributed by atoms with Gasteiger partial charge in [0.1, 0.15) is 0 Å². The summed E-state index contributed by atoms with van der Waals surface area (Å²) in [6.45, 7) is 0. The van der Waals surface area contributed by atoms with E-state index in [2.05, 4.69) is 15.0 Å². The van der Waals surface area contributed by atoms with Crippen LogP contribution in [0.4, 0.5) is 19.1 Å². The Labute approximate surface area is 149 Å². The second-order valence-electron chi connectivity index (χ2n) is 5.27. The van der Waals surface area contributed by atoms with Crippen LogP contribution in [0.15, 0.2) is 36.5 Å². The minimum absolute atomic E-state index is 0.0314. The van der Waals surface area contributed by atoms with Gasteiger partial charge in [0.25, 0.3) is 0 Å². The molecular formula is C16H10ClF3N4O2. The molecule has 0 spiro atoms. The zero-order chi connectivity index (χ0) is 19.1. The predicted molar refractivity (Wildman–Crippen MR) is 88.6 cm³/mol. The van der Waals surface area contributed by atoms with Crippen molar-refractivity contribution in [2.75, 3.05) is 5.73 Å². The smallest absolute Gasteiger partial charge is 0.416 e. The van der Waals surface area contributed by atoms with Gasteiger partial charge in [0.05, 0.1) is 28.2 Å². The number of benzene rings is 1. The lowest BCUT2D eigenvalue weighted by Crippen LogP contribution is -2.05. The Morgan fingerprint density at radius 3 is 2.58 bits per heavy atom. The molecule has 0 aliphatic carbocycles. The zero-order valence-corrected chi connectivity index (χ0v) is 13.6.